The van der Waals surface area contributed by atoms with E-state index in [0.717, 1.165) is 11.1 Å². The molecule has 1 aromatic carbocycles. The second kappa shape index (κ2) is 9.21. The number of para-hydroxylation sites is 1. The van der Waals surface area contributed by atoms with Crippen LogP contribution in [-0.4, -0.2) is 40.2 Å². The van der Waals surface area contributed by atoms with Gasteiger partial charge in [-0.05, 0) is 47.5 Å². The minimum Gasteiger partial charge on any atom is -0.433 e. The summed E-state index contributed by atoms with van der Waals surface area (Å²) < 4.78 is 21.1. The SMILES string of the molecule is CP(=O)(Oc1ccccc1)N1C/C(=C/c2cccnc2)C(=O)/C(=C/c2cccnc2)C1. The molecule has 4 rings (SSSR count). The summed E-state index contributed by atoms with van der Waals surface area (Å²) in [7, 11) is -3.23. The Bertz CT molecular complexity index is 1100. The number of nitrogens with zero attached hydrogens (tertiary/aromatic N) is 3. The van der Waals surface area contributed by atoms with Gasteiger partial charge in [0.05, 0.1) is 0 Å². The van der Waals surface area contributed by atoms with Crippen LogP contribution < -0.4 is 4.52 Å². The van der Waals surface area contributed by atoms with Crippen molar-refractivity contribution in [2.45, 2.75) is 0 Å². The molecule has 1 unspecified atom stereocenters. The fourth-order valence-electron chi connectivity index (χ4n) is 3.34. The Hall–Kier alpha value is -3.34. The van der Waals surface area contributed by atoms with Crippen LogP contribution in [0.4, 0.5) is 0 Å². The zero-order chi connectivity index (χ0) is 21.7. The largest absolute Gasteiger partial charge is 0.433 e. The molecule has 31 heavy (non-hydrogen) atoms. The van der Waals surface area contributed by atoms with E-state index in [1.807, 2.05) is 42.5 Å². The van der Waals surface area contributed by atoms with Crippen molar-refractivity contribution in [2.75, 3.05) is 19.8 Å². The standard InChI is InChI=1S/C24H22N3O3P/c1-31(29,30-23-9-3-2-4-10-23)27-17-21(13-19-7-5-11-25-15-19)24(28)22(18-27)14-20-8-6-12-26-16-20/h2-16H,17-18H2,1H3/b21-13-,22-14+. The van der Waals surface area contributed by atoms with Crippen LogP contribution in [0.25, 0.3) is 12.2 Å². The van der Waals surface area contributed by atoms with Gasteiger partial charge in [0.25, 0.3) is 0 Å². The normalized spacial score (nSPS) is 19.3. The molecular weight excluding hydrogens is 409 g/mol. The zero-order valence-corrected chi connectivity index (χ0v) is 18.0. The first kappa shape index (κ1) is 20.9. The van der Waals surface area contributed by atoms with Crippen molar-refractivity contribution in [2.24, 2.45) is 0 Å². The molecule has 6 nitrogen and oxygen atoms in total. The molecule has 0 aliphatic carbocycles. The molecule has 1 atom stereocenters. The maximum absolute atomic E-state index is 13.6. The third-order valence-corrected chi connectivity index (χ3v) is 6.73. The first-order valence-electron chi connectivity index (χ1n) is 9.85. The Morgan fingerprint density at radius 1 is 0.871 bits per heavy atom. The molecule has 0 N–H and O–H groups in total. The highest BCUT2D eigenvalue weighted by Crippen LogP contribution is 2.49. The van der Waals surface area contributed by atoms with Crippen molar-refractivity contribution in [1.29, 1.82) is 0 Å². The van der Waals surface area contributed by atoms with E-state index < -0.39 is 7.52 Å². The highest BCUT2D eigenvalue weighted by molar-refractivity contribution is 7.56. The third-order valence-electron chi connectivity index (χ3n) is 4.87. The van der Waals surface area contributed by atoms with Gasteiger partial charge in [-0.1, -0.05) is 30.3 Å². The second-order valence-corrected chi connectivity index (χ2v) is 9.63. The molecule has 3 heterocycles. The van der Waals surface area contributed by atoms with E-state index in [-0.39, 0.29) is 18.9 Å². The number of piperidine rings is 1. The van der Waals surface area contributed by atoms with Gasteiger partial charge in [-0.15, -0.1) is 0 Å². The zero-order valence-electron chi connectivity index (χ0n) is 17.1. The molecule has 7 heteroatoms. The number of Topliss-reactive ketones (excluding diaryl/α,β-unsaturated/α-hetero) is 1. The van der Waals surface area contributed by atoms with Crippen LogP contribution in [0.15, 0.2) is 90.5 Å². The first-order valence-corrected chi connectivity index (χ1v) is 11.9. The number of rotatable bonds is 5. The molecule has 1 aliphatic rings. The summed E-state index contributed by atoms with van der Waals surface area (Å²) >= 11 is 0. The van der Waals surface area contributed by atoms with Gasteiger partial charge in [0.1, 0.15) is 5.75 Å². The van der Waals surface area contributed by atoms with Crippen LogP contribution in [0.2, 0.25) is 0 Å². The van der Waals surface area contributed by atoms with E-state index in [0.29, 0.717) is 16.9 Å². The number of benzene rings is 1. The number of pyridine rings is 2. The monoisotopic (exact) mass is 431 g/mol. The molecule has 0 amide bonds. The Morgan fingerprint density at radius 2 is 1.42 bits per heavy atom. The number of ketones is 1. The molecule has 156 valence electrons. The second-order valence-electron chi connectivity index (χ2n) is 7.27. The molecular formula is C24H22N3O3P. The summed E-state index contributed by atoms with van der Waals surface area (Å²) in [6.07, 6.45) is 10.3. The molecule has 1 saturated heterocycles. The van der Waals surface area contributed by atoms with Gasteiger partial charge in [-0.3, -0.25) is 19.3 Å². The van der Waals surface area contributed by atoms with E-state index >= 15 is 0 Å². The minimum absolute atomic E-state index is 0.0799. The van der Waals surface area contributed by atoms with Crippen molar-refractivity contribution in [3.05, 3.63) is 102 Å². The Balaban J connectivity index is 1.70. The van der Waals surface area contributed by atoms with Gasteiger partial charge in [0, 0.05) is 55.7 Å². The van der Waals surface area contributed by atoms with Gasteiger partial charge in [-0.2, -0.15) is 0 Å². The van der Waals surface area contributed by atoms with Gasteiger partial charge >= 0.3 is 7.52 Å². The van der Waals surface area contributed by atoms with Crippen molar-refractivity contribution in [1.82, 2.24) is 14.6 Å². The summed E-state index contributed by atoms with van der Waals surface area (Å²) in [5.74, 6) is 0.449. The summed E-state index contributed by atoms with van der Waals surface area (Å²) in [6, 6.07) is 16.4. The van der Waals surface area contributed by atoms with Crippen molar-refractivity contribution in [3.63, 3.8) is 0 Å². The van der Waals surface area contributed by atoms with E-state index in [1.165, 1.54) is 0 Å². The fourth-order valence-corrected chi connectivity index (χ4v) is 4.78. The first-order chi connectivity index (χ1) is 15.0. The van der Waals surface area contributed by atoms with E-state index in [1.54, 1.807) is 60.4 Å². The predicted octanol–water partition coefficient (Wildman–Crippen LogP) is 4.73. The maximum Gasteiger partial charge on any atom is 0.316 e. The number of carbonyl (C=O) groups excluding carboxylic acids is 1. The molecule has 0 bridgehead atoms. The lowest BCUT2D eigenvalue weighted by Crippen LogP contribution is -2.36. The number of carbonyl (C=O) groups is 1. The molecule has 1 aliphatic heterocycles. The maximum atomic E-state index is 13.6. The van der Waals surface area contributed by atoms with Crippen molar-refractivity contribution >= 4 is 25.5 Å². The topological polar surface area (TPSA) is 72.4 Å². The van der Waals surface area contributed by atoms with Crippen LogP contribution in [0.5, 0.6) is 5.75 Å². The van der Waals surface area contributed by atoms with Crippen LogP contribution in [0, 0.1) is 0 Å². The molecule has 2 aromatic heterocycles. The van der Waals surface area contributed by atoms with Crippen molar-refractivity contribution < 1.29 is 13.9 Å². The molecule has 0 radical (unpaired) electrons. The van der Waals surface area contributed by atoms with Crippen LogP contribution in [0.3, 0.4) is 0 Å². The van der Waals surface area contributed by atoms with Crippen LogP contribution in [-0.2, 0) is 9.36 Å². The number of hydrogen-bond acceptors (Lipinski definition) is 5. The molecule has 1 fully saturated rings. The van der Waals surface area contributed by atoms with E-state index in [2.05, 4.69) is 9.97 Å². The van der Waals surface area contributed by atoms with Crippen LogP contribution >= 0.6 is 7.52 Å². The number of aromatic nitrogens is 2. The van der Waals surface area contributed by atoms with Gasteiger partial charge in [-0.25, -0.2) is 4.67 Å². The summed E-state index contributed by atoms with van der Waals surface area (Å²) in [4.78, 5) is 21.5. The minimum atomic E-state index is -3.23. The summed E-state index contributed by atoms with van der Waals surface area (Å²) in [5.41, 5.74) is 2.69. The van der Waals surface area contributed by atoms with E-state index in [9.17, 15) is 9.36 Å². The molecule has 0 saturated carbocycles. The lowest BCUT2D eigenvalue weighted by molar-refractivity contribution is -0.113. The predicted molar refractivity (Wildman–Crippen MR) is 122 cm³/mol. The fraction of sp³-hybridized carbons (Fsp3) is 0.125. The Kier molecular flexibility index (Phi) is 6.21. The highest BCUT2D eigenvalue weighted by atomic mass is 31.2. The summed E-state index contributed by atoms with van der Waals surface area (Å²) in [6.45, 7) is 2.02. The lowest BCUT2D eigenvalue weighted by Gasteiger charge is -2.33. The lowest BCUT2D eigenvalue weighted by atomic mass is 9.96. The van der Waals surface area contributed by atoms with Gasteiger partial charge in [0.15, 0.2) is 5.78 Å². The average Bonchev–Trinajstić information content (AvgIpc) is 2.78. The Labute approximate surface area is 181 Å². The Morgan fingerprint density at radius 3 is 1.90 bits per heavy atom. The average molecular weight is 431 g/mol. The summed E-state index contributed by atoms with van der Waals surface area (Å²) in [5, 5.41) is 0. The van der Waals surface area contributed by atoms with Gasteiger partial charge in [0.2, 0.25) is 0 Å². The number of hydrogen-bond donors (Lipinski definition) is 0. The highest BCUT2D eigenvalue weighted by Gasteiger charge is 2.36. The molecule has 0 spiro atoms. The van der Waals surface area contributed by atoms with Gasteiger partial charge < -0.3 is 4.52 Å². The smallest absolute Gasteiger partial charge is 0.316 e. The van der Waals surface area contributed by atoms with Crippen molar-refractivity contribution in [3.8, 4) is 5.75 Å². The third kappa shape index (κ3) is 5.23. The van der Waals surface area contributed by atoms with E-state index in [4.69, 9.17) is 4.52 Å². The molecule has 3 aromatic rings. The quantitative estimate of drug-likeness (QED) is 0.430. The van der Waals surface area contributed by atoms with Crippen LogP contribution in [0.1, 0.15) is 11.1 Å².